The van der Waals surface area contributed by atoms with Crippen LogP contribution in [0.25, 0.3) is 6.08 Å². The number of nitrogens with one attached hydrogen (secondary N) is 1. The number of hydrogen-bond acceptors (Lipinski definition) is 5. The number of aliphatic carboxylic acids is 1. The average molecular weight is 341 g/mol. The number of carbonyl (C=O) groups is 1. The third-order valence-corrected chi connectivity index (χ3v) is 3.59. The first kappa shape index (κ1) is 16.9. The number of alkyl halides is 2. The van der Waals surface area contributed by atoms with E-state index in [1.54, 1.807) is 17.5 Å². The number of rotatable bonds is 7. The van der Waals surface area contributed by atoms with E-state index < -0.39 is 18.8 Å². The monoisotopic (exact) mass is 341 g/mol. The van der Waals surface area contributed by atoms with Crippen LogP contribution in [-0.4, -0.2) is 22.8 Å². The van der Waals surface area contributed by atoms with Crippen molar-refractivity contribution < 1.29 is 28.5 Å². The highest BCUT2D eigenvalue weighted by Crippen LogP contribution is 2.20. The standard InChI is InChI=1S/C15H13F2NO4S/c16-15(17)22-10-5-3-9(4-6-10)13(19)18-12(14(20)21)8-11-2-1-7-23-11/h1-8,13,15,18-19H,(H,20,21)/b12-8+. The lowest BCUT2D eigenvalue weighted by Gasteiger charge is -2.15. The Labute approximate surface area is 134 Å². The van der Waals surface area contributed by atoms with Crippen LogP contribution >= 0.6 is 11.3 Å². The van der Waals surface area contributed by atoms with E-state index in [1.807, 2.05) is 0 Å². The lowest BCUT2D eigenvalue weighted by Crippen LogP contribution is -2.25. The molecule has 0 aliphatic carbocycles. The van der Waals surface area contributed by atoms with E-state index in [9.17, 15) is 23.8 Å². The van der Waals surface area contributed by atoms with Crippen molar-refractivity contribution in [3.05, 3.63) is 57.9 Å². The van der Waals surface area contributed by atoms with Crippen molar-refractivity contribution in [2.75, 3.05) is 0 Å². The van der Waals surface area contributed by atoms with E-state index in [0.29, 0.717) is 10.4 Å². The predicted octanol–water partition coefficient (Wildman–Crippen LogP) is 3.06. The van der Waals surface area contributed by atoms with Crippen molar-refractivity contribution in [1.29, 1.82) is 0 Å². The Morgan fingerprint density at radius 1 is 1.26 bits per heavy atom. The quantitative estimate of drug-likeness (QED) is 0.533. The molecule has 0 spiro atoms. The molecule has 0 bridgehead atoms. The minimum Gasteiger partial charge on any atom is -0.477 e. The zero-order valence-corrected chi connectivity index (χ0v) is 12.5. The van der Waals surface area contributed by atoms with Crippen LogP contribution in [0.1, 0.15) is 16.7 Å². The summed E-state index contributed by atoms with van der Waals surface area (Å²) in [4.78, 5) is 11.9. The van der Waals surface area contributed by atoms with Crippen LogP contribution < -0.4 is 10.1 Å². The Morgan fingerprint density at radius 3 is 2.48 bits per heavy atom. The SMILES string of the molecule is O=C(O)/C(=C\c1cccs1)NC(O)c1ccc(OC(F)F)cc1. The summed E-state index contributed by atoms with van der Waals surface area (Å²) in [7, 11) is 0. The largest absolute Gasteiger partial charge is 0.477 e. The van der Waals surface area contributed by atoms with Gasteiger partial charge in [0.25, 0.3) is 0 Å². The molecule has 1 atom stereocenters. The number of benzene rings is 1. The average Bonchev–Trinajstić information content (AvgIpc) is 2.99. The number of hydrogen-bond donors (Lipinski definition) is 3. The molecule has 0 radical (unpaired) electrons. The molecule has 3 N–H and O–H groups in total. The number of ether oxygens (including phenoxy) is 1. The summed E-state index contributed by atoms with van der Waals surface area (Å²) >= 11 is 1.35. The highest BCUT2D eigenvalue weighted by atomic mass is 32.1. The van der Waals surface area contributed by atoms with E-state index in [2.05, 4.69) is 10.1 Å². The van der Waals surface area contributed by atoms with Crippen LogP contribution in [0.5, 0.6) is 5.75 Å². The van der Waals surface area contributed by atoms with Gasteiger partial charge in [0.05, 0.1) is 0 Å². The topological polar surface area (TPSA) is 78.8 Å². The van der Waals surface area contributed by atoms with Crippen molar-refractivity contribution in [2.24, 2.45) is 0 Å². The molecule has 122 valence electrons. The Kier molecular flexibility index (Phi) is 5.67. The Bertz CT molecular complexity index is 671. The van der Waals surface area contributed by atoms with Crippen molar-refractivity contribution in [3.8, 4) is 5.75 Å². The molecule has 8 heteroatoms. The molecule has 0 aliphatic heterocycles. The normalized spacial score (nSPS) is 13.0. The highest BCUT2D eigenvalue weighted by Gasteiger charge is 2.14. The molecule has 1 aromatic carbocycles. The minimum atomic E-state index is -2.93. The van der Waals surface area contributed by atoms with Gasteiger partial charge in [-0.3, -0.25) is 0 Å². The lowest BCUT2D eigenvalue weighted by atomic mass is 10.2. The van der Waals surface area contributed by atoms with Crippen LogP contribution in [0, 0.1) is 0 Å². The molecule has 0 amide bonds. The molecule has 2 rings (SSSR count). The first-order valence-corrected chi connectivity index (χ1v) is 7.31. The van der Waals surface area contributed by atoms with Gasteiger partial charge in [0.2, 0.25) is 0 Å². The van der Waals surface area contributed by atoms with Crippen LogP contribution in [-0.2, 0) is 4.79 Å². The molecule has 0 saturated carbocycles. The van der Waals surface area contributed by atoms with E-state index in [4.69, 9.17) is 0 Å². The zero-order valence-electron chi connectivity index (χ0n) is 11.6. The summed E-state index contributed by atoms with van der Waals surface area (Å²) in [5.74, 6) is -1.28. The first-order valence-electron chi connectivity index (χ1n) is 6.43. The second-order valence-corrected chi connectivity index (χ2v) is 5.35. The maximum absolute atomic E-state index is 12.1. The van der Waals surface area contributed by atoms with Crippen molar-refractivity contribution in [3.63, 3.8) is 0 Å². The van der Waals surface area contributed by atoms with Crippen molar-refractivity contribution in [2.45, 2.75) is 12.8 Å². The summed E-state index contributed by atoms with van der Waals surface area (Å²) in [6.45, 7) is -2.93. The molecule has 2 aromatic rings. The van der Waals surface area contributed by atoms with Gasteiger partial charge in [-0.05, 0) is 29.7 Å². The van der Waals surface area contributed by atoms with Crippen LogP contribution in [0.2, 0.25) is 0 Å². The number of thiophene rings is 1. The van der Waals surface area contributed by atoms with Crippen LogP contribution in [0.15, 0.2) is 47.5 Å². The Hall–Kier alpha value is -2.45. The number of carboxylic acids is 1. The van der Waals surface area contributed by atoms with Gasteiger partial charge in [0.15, 0.2) is 6.23 Å². The summed E-state index contributed by atoms with van der Waals surface area (Å²) in [5, 5.41) is 23.5. The van der Waals surface area contributed by atoms with Gasteiger partial charge in [-0.15, -0.1) is 11.3 Å². The molecule has 0 saturated heterocycles. The third kappa shape index (κ3) is 5.04. The third-order valence-electron chi connectivity index (χ3n) is 2.77. The van der Waals surface area contributed by atoms with Gasteiger partial charge in [-0.1, -0.05) is 18.2 Å². The fourth-order valence-corrected chi connectivity index (χ4v) is 2.40. The maximum Gasteiger partial charge on any atom is 0.387 e. The van der Waals surface area contributed by atoms with Gasteiger partial charge in [-0.25, -0.2) is 4.79 Å². The summed E-state index contributed by atoms with van der Waals surface area (Å²) < 4.78 is 28.3. The maximum atomic E-state index is 12.1. The molecule has 23 heavy (non-hydrogen) atoms. The summed E-state index contributed by atoms with van der Waals surface area (Å²) in [5.41, 5.74) is 0.123. The molecule has 0 fully saturated rings. The molecule has 1 heterocycles. The Balaban J connectivity index is 2.09. The molecular weight excluding hydrogens is 328 g/mol. The van der Waals surface area contributed by atoms with E-state index in [1.165, 1.54) is 41.7 Å². The van der Waals surface area contributed by atoms with Crippen molar-refractivity contribution >= 4 is 23.4 Å². The summed E-state index contributed by atoms with van der Waals surface area (Å²) in [6, 6.07) is 8.75. The Morgan fingerprint density at radius 2 is 1.96 bits per heavy atom. The highest BCUT2D eigenvalue weighted by molar-refractivity contribution is 7.10. The lowest BCUT2D eigenvalue weighted by molar-refractivity contribution is -0.133. The molecule has 5 nitrogen and oxygen atoms in total. The number of carboxylic acid groups (broad SMARTS) is 1. The van der Waals surface area contributed by atoms with E-state index >= 15 is 0 Å². The fourth-order valence-electron chi connectivity index (χ4n) is 1.74. The molecular formula is C15H13F2NO4S. The minimum absolute atomic E-state index is 0.0523. The van der Waals surface area contributed by atoms with E-state index in [-0.39, 0.29) is 11.4 Å². The van der Waals surface area contributed by atoms with Crippen LogP contribution in [0.3, 0.4) is 0 Å². The second-order valence-electron chi connectivity index (χ2n) is 4.37. The molecule has 1 unspecified atom stereocenters. The second kappa shape index (κ2) is 7.70. The molecule has 1 aromatic heterocycles. The number of halogens is 2. The smallest absolute Gasteiger partial charge is 0.387 e. The van der Waals surface area contributed by atoms with E-state index in [0.717, 1.165) is 0 Å². The zero-order chi connectivity index (χ0) is 16.8. The van der Waals surface area contributed by atoms with Gasteiger partial charge in [-0.2, -0.15) is 8.78 Å². The fraction of sp³-hybridized carbons (Fsp3) is 0.133. The number of aliphatic hydroxyl groups excluding tert-OH is 1. The predicted molar refractivity (Wildman–Crippen MR) is 81.1 cm³/mol. The van der Waals surface area contributed by atoms with Gasteiger partial charge >= 0.3 is 12.6 Å². The van der Waals surface area contributed by atoms with Gasteiger partial charge < -0.3 is 20.3 Å². The molecule has 0 aliphatic rings. The first-order chi connectivity index (χ1) is 11.0. The van der Waals surface area contributed by atoms with Crippen molar-refractivity contribution in [1.82, 2.24) is 5.32 Å². The van der Waals surface area contributed by atoms with Gasteiger partial charge in [0, 0.05) is 10.4 Å². The summed E-state index contributed by atoms with van der Waals surface area (Å²) in [6.07, 6.45) is 0.0859. The van der Waals surface area contributed by atoms with Crippen LogP contribution in [0.4, 0.5) is 8.78 Å². The van der Waals surface area contributed by atoms with Gasteiger partial charge in [0.1, 0.15) is 11.4 Å². The number of aliphatic hydroxyl groups is 1.